The molecule has 6 heteroatoms. The van der Waals surface area contributed by atoms with Crippen molar-refractivity contribution in [1.82, 2.24) is 5.48 Å². The van der Waals surface area contributed by atoms with Gasteiger partial charge in [-0.25, -0.2) is 9.59 Å². The maximum Gasteiger partial charge on any atom is 0.448 e. The zero-order valence-electron chi connectivity index (χ0n) is 5.46. The number of nitrogens with one attached hydrogen (secondary N) is 1. The van der Waals surface area contributed by atoms with Gasteiger partial charge >= 0.3 is 18.0 Å². The highest BCUT2D eigenvalue weighted by atomic mass is 16.7. The van der Waals surface area contributed by atoms with Crippen molar-refractivity contribution in [3.05, 3.63) is 0 Å². The molecular weight excluding hydrogens is 154 g/mol. The molecule has 11 heavy (non-hydrogen) atoms. The molecule has 0 radical (unpaired) electrons. The summed E-state index contributed by atoms with van der Waals surface area (Å²) in [6.45, 7) is 0. The summed E-state index contributed by atoms with van der Waals surface area (Å²) < 4.78 is 4.07. The van der Waals surface area contributed by atoms with E-state index in [1.807, 2.05) is 0 Å². The molecular formula is C5H5NO5. The van der Waals surface area contributed by atoms with Gasteiger partial charge in [-0.1, -0.05) is 0 Å². The van der Waals surface area contributed by atoms with Crippen molar-refractivity contribution >= 4 is 18.0 Å². The van der Waals surface area contributed by atoms with E-state index in [0.717, 1.165) is 0 Å². The number of hydrogen-bond donors (Lipinski definition) is 1. The molecule has 1 amide bonds. The van der Waals surface area contributed by atoms with Gasteiger partial charge in [0.05, 0.1) is 12.8 Å². The molecule has 1 aliphatic heterocycles. The number of ether oxygens (including phenoxy) is 1. The van der Waals surface area contributed by atoms with Crippen molar-refractivity contribution in [3.63, 3.8) is 0 Å². The maximum atomic E-state index is 10.5. The fourth-order valence-corrected chi connectivity index (χ4v) is 0.529. The molecule has 0 atom stereocenters. The van der Waals surface area contributed by atoms with Crippen LogP contribution in [0, 0.1) is 0 Å². The van der Waals surface area contributed by atoms with E-state index in [-0.39, 0.29) is 12.8 Å². The Hall–Kier alpha value is -1.59. The van der Waals surface area contributed by atoms with Gasteiger partial charge in [-0.2, -0.15) is 0 Å². The van der Waals surface area contributed by atoms with Crippen molar-refractivity contribution in [1.29, 1.82) is 0 Å². The van der Waals surface area contributed by atoms with Crippen LogP contribution in [0.5, 0.6) is 0 Å². The second kappa shape index (κ2) is 3.00. The molecule has 0 aliphatic carbocycles. The second-order valence-electron chi connectivity index (χ2n) is 1.84. The molecule has 60 valence electrons. The van der Waals surface area contributed by atoms with E-state index in [0.29, 0.717) is 0 Å². The molecule has 0 spiro atoms. The summed E-state index contributed by atoms with van der Waals surface area (Å²) in [5.74, 6) is -1.39. The molecule has 1 rings (SSSR count). The summed E-state index contributed by atoms with van der Waals surface area (Å²) in [6, 6.07) is 0. The molecule has 0 unspecified atom stereocenters. The third-order valence-corrected chi connectivity index (χ3v) is 0.988. The van der Waals surface area contributed by atoms with E-state index in [2.05, 4.69) is 9.57 Å². The normalized spacial score (nSPS) is 19.1. The van der Waals surface area contributed by atoms with Crippen LogP contribution in [0.3, 0.4) is 0 Å². The van der Waals surface area contributed by atoms with Crippen molar-refractivity contribution in [3.8, 4) is 0 Å². The Morgan fingerprint density at radius 2 is 1.73 bits per heavy atom. The predicted molar refractivity (Wildman–Crippen MR) is 29.9 cm³/mol. The van der Waals surface area contributed by atoms with Crippen molar-refractivity contribution in [2.45, 2.75) is 12.8 Å². The highest BCUT2D eigenvalue weighted by Crippen LogP contribution is 1.98. The van der Waals surface area contributed by atoms with Crippen molar-refractivity contribution in [2.24, 2.45) is 0 Å². The monoisotopic (exact) mass is 159 g/mol. The Morgan fingerprint density at radius 1 is 1.09 bits per heavy atom. The van der Waals surface area contributed by atoms with Gasteiger partial charge in [-0.05, 0) is 0 Å². The summed E-state index contributed by atoms with van der Waals surface area (Å²) >= 11 is 0. The van der Waals surface area contributed by atoms with Gasteiger partial charge in [0, 0.05) is 0 Å². The highest BCUT2D eigenvalue weighted by molar-refractivity contribution is 5.88. The van der Waals surface area contributed by atoms with E-state index in [9.17, 15) is 14.4 Å². The first kappa shape index (κ1) is 7.52. The van der Waals surface area contributed by atoms with Crippen molar-refractivity contribution in [2.75, 3.05) is 0 Å². The molecule has 1 aliphatic rings. The fraction of sp³-hybridized carbons (Fsp3) is 0.400. The van der Waals surface area contributed by atoms with Crippen LogP contribution in [-0.4, -0.2) is 18.0 Å². The minimum Gasteiger partial charge on any atom is -0.374 e. The van der Waals surface area contributed by atoms with Gasteiger partial charge in [-0.15, -0.1) is 5.48 Å². The highest BCUT2D eigenvalue weighted by Gasteiger charge is 2.18. The Balaban J connectivity index is 2.53. The van der Waals surface area contributed by atoms with Crippen LogP contribution in [0.4, 0.5) is 4.79 Å². The lowest BCUT2D eigenvalue weighted by Crippen LogP contribution is -2.32. The first-order valence-corrected chi connectivity index (χ1v) is 2.89. The van der Waals surface area contributed by atoms with Gasteiger partial charge in [0.15, 0.2) is 0 Å². The Morgan fingerprint density at radius 3 is 2.45 bits per heavy atom. The number of cyclic esters (lactones) is 2. The van der Waals surface area contributed by atoms with E-state index < -0.39 is 18.0 Å². The van der Waals surface area contributed by atoms with Gasteiger partial charge in [0.1, 0.15) is 0 Å². The molecule has 0 aromatic carbocycles. The maximum absolute atomic E-state index is 10.5. The first-order valence-electron chi connectivity index (χ1n) is 2.89. The molecule has 1 fully saturated rings. The van der Waals surface area contributed by atoms with E-state index in [4.69, 9.17) is 0 Å². The summed E-state index contributed by atoms with van der Waals surface area (Å²) in [5.41, 5.74) is 1.63. The van der Waals surface area contributed by atoms with E-state index in [1.54, 1.807) is 5.48 Å². The number of amides is 1. The topological polar surface area (TPSA) is 81.7 Å². The Labute approximate surface area is 61.4 Å². The summed E-state index contributed by atoms with van der Waals surface area (Å²) in [4.78, 5) is 35.5. The quantitative estimate of drug-likeness (QED) is 0.380. The molecule has 1 saturated heterocycles. The predicted octanol–water partition coefficient (Wildman–Crippen LogP) is -0.509. The van der Waals surface area contributed by atoms with E-state index in [1.165, 1.54) is 0 Å². The SMILES string of the molecule is O=C1CCC(=O)OC(=O)NO1. The van der Waals surface area contributed by atoms with Crippen LogP contribution in [-0.2, 0) is 19.2 Å². The Kier molecular flexibility index (Phi) is 2.05. The summed E-state index contributed by atoms with van der Waals surface area (Å²) in [5, 5.41) is 0. The lowest BCUT2D eigenvalue weighted by molar-refractivity contribution is -0.157. The fourth-order valence-electron chi connectivity index (χ4n) is 0.529. The van der Waals surface area contributed by atoms with Crippen LogP contribution in [0.2, 0.25) is 0 Å². The number of rotatable bonds is 0. The third-order valence-electron chi connectivity index (χ3n) is 0.988. The largest absolute Gasteiger partial charge is 0.448 e. The summed E-state index contributed by atoms with van der Waals surface area (Å²) in [6.07, 6.45) is -1.28. The minimum absolute atomic E-state index is 0.0842. The third kappa shape index (κ3) is 2.24. The van der Waals surface area contributed by atoms with Crippen molar-refractivity contribution < 1.29 is 24.0 Å². The number of carbonyl (C=O) groups excluding carboxylic acids is 3. The number of hydroxylamine groups is 1. The minimum atomic E-state index is -1.07. The van der Waals surface area contributed by atoms with Crippen LogP contribution in [0.15, 0.2) is 0 Å². The lowest BCUT2D eigenvalue weighted by atomic mass is 10.3. The molecule has 6 nitrogen and oxygen atoms in total. The number of carbonyl (C=O) groups is 3. The summed E-state index contributed by atoms with van der Waals surface area (Å²) in [7, 11) is 0. The van der Waals surface area contributed by atoms with Crippen LogP contribution in [0.25, 0.3) is 0 Å². The molecule has 0 saturated carbocycles. The van der Waals surface area contributed by atoms with Gasteiger partial charge < -0.3 is 9.57 Å². The standard InChI is InChI=1S/C5H5NO5/c7-3-1-2-4(8)11-6-5(9)10-3/h1-2H2,(H,6,9). The molecule has 0 aromatic heterocycles. The molecule has 1 N–H and O–H groups in total. The average molecular weight is 159 g/mol. The molecule has 0 aromatic rings. The zero-order valence-corrected chi connectivity index (χ0v) is 5.46. The zero-order chi connectivity index (χ0) is 8.27. The smallest absolute Gasteiger partial charge is 0.374 e. The van der Waals surface area contributed by atoms with Gasteiger partial charge in [0.25, 0.3) is 0 Å². The van der Waals surface area contributed by atoms with Crippen LogP contribution >= 0.6 is 0 Å². The Bertz CT molecular complexity index is 191. The number of esters is 1. The van der Waals surface area contributed by atoms with Crippen LogP contribution < -0.4 is 5.48 Å². The van der Waals surface area contributed by atoms with Gasteiger partial charge in [0.2, 0.25) is 0 Å². The second-order valence-corrected chi connectivity index (χ2v) is 1.84. The van der Waals surface area contributed by atoms with Gasteiger partial charge in [-0.3, -0.25) is 4.79 Å². The average Bonchev–Trinajstić information content (AvgIpc) is 1.95. The van der Waals surface area contributed by atoms with E-state index >= 15 is 0 Å². The number of hydrogen-bond acceptors (Lipinski definition) is 5. The molecule has 0 bridgehead atoms. The lowest BCUT2D eigenvalue weighted by Gasteiger charge is -2.08. The molecule has 1 heterocycles. The first-order chi connectivity index (χ1) is 5.18. The van der Waals surface area contributed by atoms with Crippen LogP contribution in [0.1, 0.15) is 12.8 Å².